The third-order valence-electron chi connectivity index (χ3n) is 3.78. The Hall–Kier alpha value is -2.01. The van der Waals surface area contributed by atoms with Gasteiger partial charge in [0.2, 0.25) is 0 Å². The highest BCUT2D eigenvalue weighted by Crippen LogP contribution is 2.35. The molecule has 0 fully saturated rings. The summed E-state index contributed by atoms with van der Waals surface area (Å²) in [6, 6.07) is 16.3. The Kier molecular flexibility index (Phi) is 3.59. The van der Waals surface area contributed by atoms with Gasteiger partial charge in [0.25, 0.3) is 10.0 Å². The SMILES string of the molecule is CCN1CCN(S(=O)(=O)c2ccccc2)c2ccccc21. The zero-order valence-electron chi connectivity index (χ0n) is 11.9. The summed E-state index contributed by atoms with van der Waals surface area (Å²) in [6.45, 7) is 4.13. The fraction of sp³-hybridized carbons (Fsp3) is 0.250. The van der Waals surface area contributed by atoms with E-state index in [-0.39, 0.29) is 0 Å². The van der Waals surface area contributed by atoms with Crippen LogP contribution in [0.2, 0.25) is 0 Å². The molecular weight excluding hydrogens is 284 g/mol. The van der Waals surface area contributed by atoms with Gasteiger partial charge in [-0.1, -0.05) is 30.3 Å². The van der Waals surface area contributed by atoms with Crippen LogP contribution in [-0.2, 0) is 10.0 Å². The molecule has 0 amide bonds. The molecule has 1 heterocycles. The Labute approximate surface area is 125 Å². The molecule has 1 aliphatic rings. The molecular formula is C16H18N2O2S. The monoisotopic (exact) mass is 302 g/mol. The van der Waals surface area contributed by atoms with Crippen LogP contribution in [0.25, 0.3) is 0 Å². The zero-order chi connectivity index (χ0) is 14.9. The Morgan fingerprint density at radius 2 is 1.52 bits per heavy atom. The summed E-state index contributed by atoms with van der Waals surface area (Å²) >= 11 is 0. The van der Waals surface area contributed by atoms with Gasteiger partial charge < -0.3 is 4.90 Å². The predicted molar refractivity (Wildman–Crippen MR) is 85.3 cm³/mol. The summed E-state index contributed by atoms with van der Waals surface area (Å²) in [5, 5.41) is 0. The molecule has 0 bridgehead atoms. The maximum atomic E-state index is 12.9. The number of sulfonamides is 1. The second kappa shape index (κ2) is 5.41. The van der Waals surface area contributed by atoms with Gasteiger partial charge in [-0.3, -0.25) is 4.31 Å². The van der Waals surface area contributed by atoms with E-state index in [0.29, 0.717) is 18.0 Å². The lowest BCUT2D eigenvalue weighted by Gasteiger charge is -2.37. The second-order valence-corrected chi connectivity index (χ2v) is 6.82. The van der Waals surface area contributed by atoms with Gasteiger partial charge in [0.05, 0.1) is 22.8 Å². The third kappa shape index (κ3) is 2.38. The van der Waals surface area contributed by atoms with E-state index in [1.165, 1.54) is 4.31 Å². The first-order valence-electron chi connectivity index (χ1n) is 7.06. The number of hydrogen-bond acceptors (Lipinski definition) is 3. The summed E-state index contributed by atoms with van der Waals surface area (Å²) in [4.78, 5) is 2.54. The van der Waals surface area contributed by atoms with Gasteiger partial charge in [-0.05, 0) is 31.2 Å². The standard InChI is InChI=1S/C16H18N2O2S/c1-2-17-12-13-18(16-11-7-6-10-15(16)17)21(19,20)14-8-4-3-5-9-14/h3-11H,2,12-13H2,1H3. The molecule has 21 heavy (non-hydrogen) atoms. The molecule has 4 nitrogen and oxygen atoms in total. The van der Waals surface area contributed by atoms with E-state index in [1.54, 1.807) is 24.3 Å². The molecule has 0 saturated heterocycles. The van der Waals surface area contributed by atoms with Gasteiger partial charge >= 0.3 is 0 Å². The molecule has 1 aliphatic heterocycles. The average molecular weight is 302 g/mol. The fourth-order valence-corrected chi connectivity index (χ4v) is 4.18. The van der Waals surface area contributed by atoms with Crippen LogP contribution >= 0.6 is 0 Å². The largest absolute Gasteiger partial charge is 0.368 e. The smallest absolute Gasteiger partial charge is 0.264 e. The van der Waals surface area contributed by atoms with Crippen molar-refractivity contribution in [2.45, 2.75) is 11.8 Å². The molecule has 0 spiro atoms. The lowest BCUT2D eigenvalue weighted by molar-refractivity contribution is 0.588. The fourth-order valence-electron chi connectivity index (χ4n) is 2.69. The van der Waals surface area contributed by atoms with Gasteiger partial charge in [-0.2, -0.15) is 0 Å². The summed E-state index contributed by atoms with van der Waals surface area (Å²) < 4.78 is 27.2. The predicted octanol–water partition coefficient (Wildman–Crippen LogP) is 2.72. The maximum absolute atomic E-state index is 12.9. The summed E-state index contributed by atoms with van der Waals surface area (Å²) in [6.07, 6.45) is 0. The van der Waals surface area contributed by atoms with Gasteiger partial charge in [0, 0.05) is 13.1 Å². The van der Waals surface area contributed by atoms with Crippen molar-refractivity contribution in [2.75, 3.05) is 28.8 Å². The first-order valence-corrected chi connectivity index (χ1v) is 8.50. The molecule has 110 valence electrons. The molecule has 0 radical (unpaired) electrons. The number of rotatable bonds is 3. The van der Waals surface area contributed by atoms with E-state index in [9.17, 15) is 8.42 Å². The van der Waals surface area contributed by atoms with Crippen molar-refractivity contribution < 1.29 is 8.42 Å². The molecule has 2 aromatic carbocycles. The van der Waals surface area contributed by atoms with Crippen molar-refractivity contribution in [3.05, 3.63) is 54.6 Å². The molecule has 3 rings (SSSR count). The molecule has 0 saturated carbocycles. The van der Waals surface area contributed by atoms with E-state index < -0.39 is 10.0 Å². The first-order chi connectivity index (χ1) is 10.1. The Bertz CT molecular complexity index is 729. The third-order valence-corrected chi connectivity index (χ3v) is 5.60. The highest BCUT2D eigenvalue weighted by atomic mass is 32.2. The van der Waals surface area contributed by atoms with Crippen LogP contribution < -0.4 is 9.21 Å². The number of likely N-dealkylation sites (N-methyl/N-ethyl adjacent to an activating group) is 1. The number of anilines is 2. The lowest BCUT2D eigenvalue weighted by atomic mass is 10.2. The minimum atomic E-state index is -3.50. The highest BCUT2D eigenvalue weighted by Gasteiger charge is 2.30. The number of benzene rings is 2. The van der Waals surface area contributed by atoms with E-state index in [2.05, 4.69) is 11.8 Å². The Morgan fingerprint density at radius 1 is 0.905 bits per heavy atom. The summed E-state index contributed by atoms with van der Waals surface area (Å²) in [5.74, 6) is 0. The van der Waals surface area contributed by atoms with E-state index in [1.807, 2.05) is 30.3 Å². The van der Waals surface area contributed by atoms with Crippen molar-refractivity contribution in [1.29, 1.82) is 0 Å². The van der Waals surface area contributed by atoms with Crippen LogP contribution in [0, 0.1) is 0 Å². The molecule has 0 aromatic heterocycles. The van der Waals surface area contributed by atoms with Crippen molar-refractivity contribution in [3.63, 3.8) is 0 Å². The normalized spacial score (nSPS) is 14.9. The number of para-hydroxylation sites is 2. The maximum Gasteiger partial charge on any atom is 0.264 e. The van der Waals surface area contributed by atoms with E-state index in [0.717, 1.165) is 17.9 Å². The minimum Gasteiger partial charge on any atom is -0.368 e. The minimum absolute atomic E-state index is 0.338. The van der Waals surface area contributed by atoms with Crippen LogP contribution in [0.3, 0.4) is 0 Å². The Morgan fingerprint density at radius 3 is 2.19 bits per heavy atom. The molecule has 2 aromatic rings. The molecule has 0 atom stereocenters. The van der Waals surface area contributed by atoms with Gasteiger partial charge in [-0.25, -0.2) is 8.42 Å². The van der Waals surface area contributed by atoms with Gasteiger partial charge in [-0.15, -0.1) is 0 Å². The molecule has 5 heteroatoms. The van der Waals surface area contributed by atoms with Gasteiger partial charge in [0.1, 0.15) is 0 Å². The topological polar surface area (TPSA) is 40.6 Å². The molecule has 0 unspecified atom stereocenters. The lowest BCUT2D eigenvalue weighted by Crippen LogP contribution is -2.43. The van der Waals surface area contributed by atoms with Crippen LogP contribution in [0.1, 0.15) is 6.92 Å². The Balaban J connectivity index is 2.08. The van der Waals surface area contributed by atoms with E-state index in [4.69, 9.17) is 0 Å². The quantitative estimate of drug-likeness (QED) is 0.875. The van der Waals surface area contributed by atoms with Crippen LogP contribution in [0.4, 0.5) is 11.4 Å². The average Bonchev–Trinajstić information content (AvgIpc) is 2.54. The van der Waals surface area contributed by atoms with Crippen molar-refractivity contribution in [1.82, 2.24) is 0 Å². The van der Waals surface area contributed by atoms with Crippen LogP contribution in [0.5, 0.6) is 0 Å². The second-order valence-electron chi connectivity index (χ2n) is 4.96. The van der Waals surface area contributed by atoms with E-state index >= 15 is 0 Å². The highest BCUT2D eigenvalue weighted by molar-refractivity contribution is 7.92. The van der Waals surface area contributed by atoms with Crippen molar-refractivity contribution in [2.24, 2.45) is 0 Å². The van der Waals surface area contributed by atoms with Crippen molar-refractivity contribution in [3.8, 4) is 0 Å². The number of fused-ring (bicyclic) bond motifs is 1. The number of nitrogens with zero attached hydrogens (tertiary/aromatic N) is 2. The molecule has 0 N–H and O–H groups in total. The zero-order valence-corrected chi connectivity index (χ0v) is 12.8. The van der Waals surface area contributed by atoms with Crippen molar-refractivity contribution >= 4 is 21.4 Å². The summed E-state index contributed by atoms with van der Waals surface area (Å²) in [5.41, 5.74) is 1.74. The first kappa shape index (κ1) is 13.9. The van der Waals surface area contributed by atoms with Crippen LogP contribution in [-0.4, -0.2) is 28.1 Å². The van der Waals surface area contributed by atoms with Crippen LogP contribution in [0.15, 0.2) is 59.5 Å². The number of hydrogen-bond donors (Lipinski definition) is 0. The van der Waals surface area contributed by atoms with Gasteiger partial charge in [0.15, 0.2) is 0 Å². The summed E-state index contributed by atoms with van der Waals surface area (Å²) in [7, 11) is -3.50. The molecule has 0 aliphatic carbocycles.